The van der Waals surface area contributed by atoms with E-state index in [9.17, 15) is 14.4 Å². The van der Waals surface area contributed by atoms with Crippen molar-refractivity contribution >= 4 is 34.5 Å². The molecule has 35 heavy (non-hydrogen) atoms. The molecule has 1 aliphatic heterocycles. The van der Waals surface area contributed by atoms with Crippen LogP contribution >= 0.6 is 0 Å². The highest BCUT2D eigenvalue weighted by Gasteiger charge is 2.33. The van der Waals surface area contributed by atoms with Gasteiger partial charge in [-0.1, -0.05) is 38.8 Å². The number of aromatic nitrogens is 3. The Balaban J connectivity index is 1.55. The van der Waals surface area contributed by atoms with Crippen molar-refractivity contribution in [3.05, 3.63) is 45.1 Å². The number of oxazole rings is 1. The van der Waals surface area contributed by atoms with Gasteiger partial charge in [0.2, 0.25) is 5.91 Å². The van der Waals surface area contributed by atoms with Crippen LogP contribution in [0.25, 0.3) is 11.1 Å². The highest BCUT2D eigenvalue weighted by molar-refractivity contribution is 5.97. The molecule has 1 fully saturated rings. The number of rotatable bonds is 9. The van der Waals surface area contributed by atoms with Crippen molar-refractivity contribution in [2.75, 3.05) is 35.2 Å². The first-order valence-electron chi connectivity index (χ1n) is 12.5. The largest absolute Gasteiger partial charge is 0.423 e. The molecule has 3 N–H and O–H groups in total. The number of carbonyl (C=O) groups excluding carboxylic acids is 1. The molecule has 0 radical (unpaired) electrons. The first kappa shape index (κ1) is 24.6. The molecule has 0 spiro atoms. The smallest absolute Gasteiger partial charge is 0.330 e. The summed E-state index contributed by atoms with van der Waals surface area (Å²) in [6, 6.07) is 8.18. The first-order valence-corrected chi connectivity index (χ1v) is 12.5. The topological polar surface area (TPSA) is 130 Å². The number of hydrogen-bond donors (Lipinski definition) is 2. The Kier molecular flexibility index (Phi) is 7.57. The van der Waals surface area contributed by atoms with Crippen LogP contribution < -0.4 is 26.8 Å². The molecule has 1 saturated heterocycles. The molecular weight excluding hydrogens is 448 g/mol. The number of benzene rings is 1. The number of unbranched alkanes of at least 4 members (excludes halogenated alkanes) is 2. The molecule has 4 rings (SSSR count). The second kappa shape index (κ2) is 10.8. The Labute approximate surface area is 203 Å². The molecule has 2 aromatic heterocycles. The van der Waals surface area contributed by atoms with Gasteiger partial charge in [-0.05, 0) is 37.8 Å². The number of aromatic amines is 1. The summed E-state index contributed by atoms with van der Waals surface area (Å²) in [4.78, 5) is 49.3. The maximum atomic E-state index is 13.7. The summed E-state index contributed by atoms with van der Waals surface area (Å²) in [5, 5.41) is 0. The standard InChI is InChI=1S/C25H34N6O4/c1-3-5-13-30(20-21(26)31(14-6-4-2)24(34)28-22(20)32)23(33)17-11-15-29(16-12-17)25-27-18-9-7-8-10-19(18)35-25/h7-10,17H,3-6,11-16,26H2,1-2H3,(H,28,32,34). The van der Waals surface area contributed by atoms with Gasteiger partial charge < -0.3 is 20.0 Å². The van der Waals surface area contributed by atoms with Gasteiger partial charge in [-0.3, -0.25) is 19.1 Å². The lowest BCUT2D eigenvalue weighted by Gasteiger charge is -2.33. The molecule has 188 valence electrons. The Hall–Kier alpha value is -3.56. The van der Waals surface area contributed by atoms with Crippen molar-refractivity contribution in [1.82, 2.24) is 14.5 Å². The fourth-order valence-electron chi connectivity index (χ4n) is 4.56. The maximum absolute atomic E-state index is 13.7. The van der Waals surface area contributed by atoms with Crippen LogP contribution in [0.2, 0.25) is 0 Å². The lowest BCUT2D eigenvalue weighted by Crippen LogP contribution is -2.46. The van der Waals surface area contributed by atoms with Gasteiger partial charge in [0.15, 0.2) is 11.3 Å². The third-order valence-corrected chi connectivity index (χ3v) is 6.62. The molecule has 1 amide bonds. The van der Waals surface area contributed by atoms with E-state index in [0.717, 1.165) is 36.8 Å². The van der Waals surface area contributed by atoms with Crippen molar-refractivity contribution in [2.24, 2.45) is 5.92 Å². The van der Waals surface area contributed by atoms with Gasteiger partial charge in [-0.15, -0.1) is 0 Å². The third-order valence-electron chi connectivity index (χ3n) is 6.62. The van der Waals surface area contributed by atoms with Gasteiger partial charge in [0.1, 0.15) is 11.3 Å². The molecule has 1 aliphatic rings. The van der Waals surface area contributed by atoms with E-state index in [1.165, 1.54) is 9.47 Å². The van der Waals surface area contributed by atoms with Crippen LogP contribution in [0.3, 0.4) is 0 Å². The van der Waals surface area contributed by atoms with Crippen molar-refractivity contribution < 1.29 is 9.21 Å². The number of carbonyl (C=O) groups is 1. The van der Waals surface area contributed by atoms with Gasteiger partial charge in [0.25, 0.3) is 11.6 Å². The molecule has 0 saturated carbocycles. The average Bonchev–Trinajstić information content (AvgIpc) is 3.30. The number of fused-ring (bicyclic) bond motifs is 1. The number of nitrogens with zero attached hydrogens (tertiary/aromatic N) is 4. The number of amides is 1. The fourth-order valence-corrected chi connectivity index (χ4v) is 4.56. The van der Waals surface area contributed by atoms with Gasteiger partial charge in [-0.2, -0.15) is 4.98 Å². The molecule has 0 aliphatic carbocycles. The van der Waals surface area contributed by atoms with Crippen LogP contribution in [0.5, 0.6) is 0 Å². The minimum Gasteiger partial charge on any atom is -0.423 e. The summed E-state index contributed by atoms with van der Waals surface area (Å²) in [6.07, 6.45) is 4.40. The van der Waals surface area contributed by atoms with Crippen LogP contribution in [0.4, 0.5) is 17.5 Å². The SMILES string of the molecule is CCCCN(C(=O)C1CCN(c2nc3ccccc3o2)CC1)c1c(N)n(CCCC)c(=O)[nH]c1=O. The van der Waals surface area contributed by atoms with E-state index in [2.05, 4.69) is 9.97 Å². The fraction of sp³-hybridized carbons (Fsp3) is 0.520. The van der Waals surface area contributed by atoms with E-state index >= 15 is 0 Å². The van der Waals surface area contributed by atoms with Crippen LogP contribution in [0.15, 0.2) is 38.3 Å². The van der Waals surface area contributed by atoms with Gasteiger partial charge in [-0.25, -0.2) is 4.79 Å². The zero-order chi connectivity index (χ0) is 24.9. The van der Waals surface area contributed by atoms with E-state index in [1.54, 1.807) is 0 Å². The van der Waals surface area contributed by atoms with Gasteiger partial charge in [0.05, 0.1) is 0 Å². The molecule has 10 heteroatoms. The van der Waals surface area contributed by atoms with E-state index in [0.29, 0.717) is 45.0 Å². The van der Waals surface area contributed by atoms with E-state index < -0.39 is 11.2 Å². The normalized spacial score (nSPS) is 14.5. The predicted molar refractivity (Wildman–Crippen MR) is 137 cm³/mol. The number of piperidine rings is 1. The van der Waals surface area contributed by atoms with Crippen molar-refractivity contribution in [3.63, 3.8) is 0 Å². The molecule has 10 nitrogen and oxygen atoms in total. The number of para-hydroxylation sites is 2. The van der Waals surface area contributed by atoms with Crippen LogP contribution in [0.1, 0.15) is 52.4 Å². The number of nitrogen functional groups attached to an aromatic ring is 1. The molecule has 3 aromatic rings. The number of nitrogens with one attached hydrogen (secondary N) is 1. The van der Waals surface area contributed by atoms with E-state index in [-0.39, 0.29) is 23.3 Å². The maximum Gasteiger partial charge on any atom is 0.330 e. The summed E-state index contributed by atoms with van der Waals surface area (Å²) in [7, 11) is 0. The van der Waals surface area contributed by atoms with E-state index in [1.807, 2.05) is 43.0 Å². The number of hydrogen-bond acceptors (Lipinski definition) is 7. The quantitative estimate of drug-likeness (QED) is 0.479. The molecule has 1 aromatic carbocycles. The molecule has 3 heterocycles. The second-order valence-electron chi connectivity index (χ2n) is 9.07. The van der Waals surface area contributed by atoms with Crippen molar-refractivity contribution in [3.8, 4) is 0 Å². The molecule has 0 atom stereocenters. The summed E-state index contributed by atoms with van der Waals surface area (Å²) in [5.41, 5.74) is 6.79. The first-order chi connectivity index (χ1) is 16.9. The Morgan fingerprint density at radius 1 is 1.17 bits per heavy atom. The minimum atomic E-state index is -0.617. The van der Waals surface area contributed by atoms with Crippen LogP contribution in [-0.2, 0) is 11.3 Å². The monoisotopic (exact) mass is 482 g/mol. The number of nitrogens with two attached hydrogens (primary N) is 1. The third kappa shape index (κ3) is 5.11. The summed E-state index contributed by atoms with van der Waals surface area (Å²) < 4.78 is 7.25. The molecular formula is C25H34N6O4. The zero-order valence-corrected chi connectivity index (χ0v) is 20.5. The Bertz CT molecular complexity index is 1250. The highest BCUT2D eigenvalue weighted by Crippen LogP contribution is 2.29. The van der Waals surface area contributed by atoms with Crippen LogP contribution in [0, 0.1) is 5.92 Å². The van der Waals surface area contributed by atoms with Gasteiger partial charge in [0, 0.05) is 32.1 Å². The predicted octanol–water partition coefficient (Wildman–Crippen LogP) is 3.11. The molecule has 0 bridgehead atoms. The minimum absolute atomic E-state index is 0.0561. The average molecular weight is 483 g/mol. The van der Waals surface area contributed by atoms with Gasteiger partial charge >= 0.3 is 5.69 Å². The van der Waals surface area contributed by atoms with Crippen LogP contribution in [-0.4, -0.2) is 40.1 Å². The lowest BCUT2D eigenvalue weighted by molar-refractivity contribution is -0.123. The van der Waals surface area contributed by atoms with Crippen molar-refractivity contribution in [2.45, 2.75) is 58.9 Å². The Morgan fingerprint density at radius 2 is 1.89 bits per heavy atom. The molecule has 0 unspecified atom stereocenters. The van der Waals surface area contributed by atoms with Crippen molar-refractivity contribution in [1.29, 1.82) is 0 Å². The lowest BCUT2D eigenvalue weighted by atomic mass is 9.95. The number of H-pyrrole nitrogens is 1. The highest BCUT2D eigenvalue weighted by atomic mass is 16.4. The van der Waals surface area contributed by atoms with E-state index in [4.69, 9.17) is 10.2 Å². The number of anilines is 3. The summed E-state index contributed by atoms with van der Waals surface area (Å²) in [6.45, 7) is 6.04. The second-order valence-corrected chi connectivity index (χ2v) is 9.07. The summed E-state index contributed by atoms with van der Waals surface area (Å²) >= 11 is 0. The summed E-state index contributed by atoms with van der Waals surface area (Å²) in [5.74, 6) is -0.337. The Morgan fingerprint density at radius 3 is 2.57 bits per heavy atom. The zero-order valence-electron chi connectivity index (χ0n) is 20.5.